The monoisotopic (exact) mass is 329 g/mol. The molecule has 118 valence electrons. The van der Waals surface area contributed by atoms with Gasteiger partial charge in [-0.05, 0) is 49.3 Å². The predicted molar refractivity (Wildman–Crippen MR) is 90.6 cm³/mol. The fourth-order valence-electron chi connectivity index (χ4n) is 2.89. The summed E-state index contributed by atoms with van der Waals surface area (Å²) in [6.07, 6.45) is 2.32. The van der Waals surface area contributed by atoms with Gasteiger partial charge in [0.05, 0.1) is 11.6 Å². The van der Waals surface area contributed by atoms with Crippen LogP contribution in [0.5, 0.6) is 5.75 Å². The van der Waals surface area contributed by atoms with E-state index in [4.69, 9.17) is 27.9 Å². The summed E-state index contributed by atoms with van der Waals surface area (Å²) in [5, 5.41) is 5.01. The van der Waals surface area contributed by atoms with Gasteiger partial charge in [-0.3, -0.25) is 0 Å². The summed E-state index contributed by atoms with van der Waals surface area (Å²) < 4.78 is 5.51. The molecule has 2 atom stereocenters. The molecular formula is C17H25Cl2NO. The topological polar surface area (TPSA) is 21.3 Å². The van der Waals surface area contributed by atoms with Crippen molar-refractivity contribution in [2.45, 2.75) is 46.6 Å². The van der Waals surface area contributed by atoms with E-state index in [0.717, 1.165) is 23.6 Å². The molecule has 0 saturated heterocycles. The molecule has 2 unspecified atom stereocenters. The molecule has 2 nitrogen and oxygen atoms in total. The van der Waals surface area contributed by atoms with Crippen LogP contribution in [-0.4, -0.2) is 13.2 Å². The Morgan fingerprint density at radius 3 is 2.48 bits per heavy atom. The summed E-state index contributed by atoms with van der Waals surface area (Å²) in [6.45, 7) is 10.3. The summed E-state index contributed by atoms with van der Waals surface area (Å²) in [7, 11) is 0. The Morgan fingerprint density at radius 2 is 1.95 bits per heavy atom. The molecule has 1 fully saturated rings. The van der Waals surface area contributed by atoms with Gasteiger partial charge in [0, 0.05) is 17.1 Å². The van der Waals surface area contributed by atoms with Gasteiger partial charge >= 0.3 is 0 Å². The zero-order valence-electron chi connectivity index (χ0n) is 13.3. The molecule has 0 aliphatic heterocycles. The van der Waals surface area contributed by atoms with Crippen LogP contribution < -0.4 is 10.1 Å². The van der Waals surface area contributed by atoms with Crippen LogP contribution in [0, 0.1) is 11.3 Å². The van der Waals surface area contributed by atoms with E-state index in [2.05, 4.69) is 26.1 Å². The predicted octanol–water partition coefficient (Wildman–Crippen LogP) is 5.48. The van der Waals surface area contributed by atoms with Gasteiger partial charge in [-0.15, -0.1) is 0 Å². The molecule has 0 bridgehead atoms. The smallest absolute Gasteiger partial charge is 0.139 e. The maximum absolute atomic E-state index is 6.50. The minimum absolute atomic E-state index is 0.264. The highest BCUT2D eigenvalue weighted by molar-refractivity contribution is 6.34. The standard InChI is InChI=1S/C17H25Cl2NO/c1-5-7-20-16(12-10-17(12,3)4)11-8-14(19)15(21-6-2)9-13(11)18/h8-9,12,16,20H,5-7,10H2,1-4H3. The molecule has 1 aliphatic carbocycles. The normalized spacial score (nSPS) is 21.1. The zero-order valence-corrected chi connectivity index (χ0v) is 14.8. The van der Waals surface area contributed by atoms with Gasteiger partial charge in [-0.25, -0.2) is 0 Å². The average molecular weight is 330 g/mol. The molecule has 0 aromatic heterocycles. The third-order valence-electron chi connectivity index (χ3n) is 4.29. The molecule has 1 aromatic carbocycles. The lowest BCUT2D eigenvalue weighted by atomic mass is 9.96. The number of rotatable bonds is 7. The first-order valence-corrected chi connectivity index (χ1v) is 8.51. The van der Waals surface area contributed by atoms with Crippen molar-refractivity contribution in [3.05, 3.63) is 27.7 Å². The molecule has 2 rings (SSSR count). The van der Waals surface area contributed by atoms with Crippen LogP contribution in [0.4, 0.5) is 0 Å². The fourth-order valence-corrected chi connectivity index (χ4v) is 3.39. The summed E-state index contributed by atoms with van der Waals surface area (Å²) in [5.74, 6) is 1.27. The lowest BCUT2D eigenvalue weighted by Crippen LogP contribution is -2.25. The number of hydrogen-bond acceptors (Lipinski definition) is 2. The minimum atomic E-state index is 0.264. The lowest BCUT2D eigenvalue weighted by Gasteiger charge is -2.23. The van der Waals surface area contributed by atoms with E-state index in [9.17, 15) is 0 Å². The Hall–Kier alpha value is -0.440. The van der Waals surface area contributed by atoms with E-state index < -0.39 is 0 Å². The second kappa shape index (κ2) is 6.76. The highest BCUT2D eigenvalue weighted by Crippen LogP contribution is 2.58. The minimum Gasteiger partial charge on any atom is -0.492 e. The van der Waals surface area contributed by atoms with Crippen LogP contribution in [0.1, 0.15) is 52.1 Å². The van der Waals surface area contributed by atoms with Crippen molar-refractivity contribution in [1.29, 1.82) is 0 Å². The first-order valence-electron chi connectivity index (χ1n) is 7.75. The van der Waals surface area contributed by atoms with E-state index in [1.54, 1.807) is 0 Å². The quantitative estimate of drug-likeness (QED) is 0.715. The second-order valence-electron chi connectivity index (χ2n) is 6.47. The third kappa shape index (κ3) is 3.85. The van der Waals surface area contributed by atoms with Crippen molar-refractivity contribution in [2.75, 3.05) is 13.2 Å². The second-order valence-corrected chi connectivity index (χ2v) is 7.28. The largest absolute Gasteiger partial charge is 0.492 e. The van der Waals surface area contributed by atoms with Gasteiger partial charge in [0.2, 0.25) is 0 Å². The van der Waals surface area contributed by atoms with Crippen LogP contribution in [0.25, 0.3) is 0 Å². The summed E-state index contributed by atoms with van der Waals surface area (Å²) in [6, 6.07) is 4.08. The molecule has 1 aliphatic rings. The van der Waals surface area contributed by atoms with Crippen LogP contribution in [0.2, 0.25) is 10.0 Å². The first-order chi connectivity index (χ1) is 9.90. The van der Waals surface area contributed by atoms with Gasteiger partial charge in [-0.2, -0.15) is 0 Å². The zero-order chi connectivity index (χ0) is 15.6. The van der Waals surface area contributed by atoms with Crippen molar-refractivity contribution < 1.29 is 4.74 Å². The Morgan fingerprint density at radius 1 is 1.29 bits per heavy atom. The maximum Gasteiger partial charge on any atom is 0.139 e. The highest BCUT2D eigenvalue weighted by Gasteiger charge is 2.50. The maximum atomic E-state index is 6.50. The number of ether oxygens (including phenoxy) is 1. The molecular weight excluding hydrogens is 305 g/mol. The number of nitrogens with one attached hydrogen (secondary N) is 1. The van der Waals surface area contributed by atoms with E-state index >= 15 is 0 Å². The SMILES string of the molecule is CCCNC(c1cc(Cl)c(OCC)cc1Cl)C1CC1(C)C. The fraction of sp³-hybridized carbons (Fsp3) is 0.647. The van der Waals surface area contributed by atoms with Crippen molar-refractivity contribution >= 4 is 23.2 Å². The lowest BCUT2D eigenvalue weighted by molar-refractivity contribution is 0.340. The Balaban J connectivity index is 2.29. The number of hydrogen-bond donors (Lipinski definition) is 1. The first kappa shape index (κ1) is 16.9. The summed E-state index contributed by atoms with van der Waals surface area (Å²) >= 11 is 12.8. The molecule has 4 heteroatoms. The van der Waals surface area contributed by atoms with Crippen LogP contribution in [0.3, 0.4) is 0 Å². The number of benzene rings is 1. The Kier molecular flexibility index (Phi) is 5.45. The molecule has 0 radical (unpaired) electrons. The average Bonchev–Trinajstić information content (AvgIpc) is 3.04. The third-order valence-corrected chi connectivity index (χ3v) is 4.92. The van der Waals surface area contributed by atoms with Gasteiger partial charge < -0.3 is 10.1 Å². The molecule has 1 saturated carbocycles. The number of halogens is 2. The molecule has 1 aromatic rings. The van der Waals surface area contributed by atoms with Crippen molar-refractivity contribution in [3.8, 4) is 5.75 Å². The molecule has 21 heavy (non-hydrogen) atoms. The Labute approximate surface area is 138 Å². The van der Waals surface area contributed by atoms with E-state index in [-0.39, 0.29) is 6.04 Å². The van der Waals surface area contributed by atoms with E-state index in [0.29, 0.717) is 28.7 Å². The van der Waals surface area contributed by atoms with Crippen LogP contribution in [0.15, 0.2) is 12.1 Å². The molecule has 1 N–H and O–H groups in total. The van der Waals surface area contributed by atoms with Crippen molar-refractivity contribution in [3.63, 3.8) is 0 Å². The van der Waals surface area contributed by atoms with Gasteiger partial charge in [-0.1, -0.05) is 44.0 Å². The van der Waals surface area contributed by atoms with E-state index in [1.165, 1.54) is 6.42 Å². The van der Waals surface area contributed by atoms with Crippen LogP contribution >= 0.6 is 23.2 Å². The molecule has 0 heterocycles. The summed E-state index contributed by atoms with van der Waals surface area (Å²) in [4.78, 5) is 0. The summed E-state index contributed by atoms with van der Waals surface area (Å²) in [5.41, 5.74) is 1.47. The van der Waals surface area contributed by atoms with Gasteiger partial charge in [0.25, 0.3) is 0 Å². The van der Waals surface area contributed by atoms with E-state index in [1.807, 2.05) is 19.1 Å². The van der Waals surface area contributed by atoms with Crippen LogP contribution in [-0.2, 0) is 0 Å². The van der Waals surface area contributed by atoms with Gasteiger partial charge in [0.15, 0.2) is 0 Å². The molecule has 0 amide bonds. The Bertz CT molecular complexity index is 502. The van der Waals surface area contributed by atoms with Gasteiger partial charge in [0.1, 0.15) is 5.75 Å². The highest BCUT2D eigenvalue weighted by atomic mass is 35.5. The molecule has 0 spiro atoms. The van der Waals surface area contributed by atoms with Crippen molar-refractivity contribution in [1.82, 2.24) is 5.32 Å². The van der Waals surface area contributed by atoms with Crippen molar-refractivity contribution in [2.24, 2.45) is 11.3 Å².